The molecule has 0 radical (unpaired) electrons. The Morgan fingerprint density at radius 3 is 2.73 bits per heavy atom. The van der Waals surface area contributed by atoms with Gasteiger partial charge >= 0.3 is 11.7 Å². The lowest BCUT2D eigenvalue weighted by atomic mass is 10.1. The number of benzene rings is 1. The van der Waals surface area contributed by atoms with E-state index < -0.39 is 0 Å². The molecule has 0 fully saturated rings. The molecule has 3 heteroatoms. The second-order valence-electron chi connectivity index (χ2n) is 2.08. The summed E-state index contributed by atoms with van der Waals surface area (Å²) >= 11 is 0.475. The van der Waals surface area contributed by atoms with E-state index in [1.807, 2.05) is 6.07 Å². The topological polar surface area (TPSA) is 34.1 Å². The number of hydrogen-bond donors (Lipinski definition) is 0. The third kappa shape index (κ3) is 1.91. The molecule has 0 bridgehead atoms. The molecule has 0 aliphatic carbocycles. The summed E-state index contributed by atoms with van der Waals surface area (Å²) in [5, 5.41) is 0. The van der Waals surface area contributed by atoms with Crippen LogP contribution < -0.4 is 0 Å². The van der Waals surface area contributed by atoms with Gasteiger partial charge in [0.15, 0.2) is 6.29 Å². The van der Waals surface area contributed by atoms with Crippen molar-refractivity contribution < 1.29 is 9.00 Å². The molecular formula is C8H7O2S+. The highest BCUT2D eigenvalue weighted by Crippen LogP contribution is 2.05. The molecule has 0 aliphatic rings. The predicted octanol–water partition coefficient (Wildman–Crippen LogP) is 1.43. The Morgan fingerprint density at radius 1 is 1.36 bits per heavy atom. The van der Waals surface area contributed by atoms with Gasteiger partial charge < -0.3 is 0 Å². The molecule has 1 aromatic rings. The highest BCUT2D eigenvalue weighted by molar-refractivity contribution is 7.64. The maximum absolute atomic E-state index is 10.4. The van der Waals surface area contributed by atoms with Crippen molar-refractivity contribution in [2.75, 3.05) is 0 Å². The van der Waals surface area contributed by atoms with Crippen molar-refractivity contribution in [2.45, 2.75) is 5.75 Å². The van der Waals surface area contributed by atoms with Crippen LogP contribution in [0.1, 0.15) is 15.9 Å². The first-order chi connectivity index (χ1) is 5.38. The van der Waals surface area contributed by atoms with E-state index in [4.69, 9.17) is 0 Å². The first-order valence-electron chi connectivity index (χ1n) is 3.16. The largest absolute Gasteiger partial charge is 0.463 e. The van der Waals surface area contributed by atoms with Gasteiger partial charge in [0, 0.05) is 15.3 Å². The lowest BCUT2D eigenvalue weighted by Gasteiger charge is -1.92. The summed E-state index contributed by atoms with van der Waals surface area (Å²) in [6.45, 7) is 0. The number of hydrogen-bond acceptors (Lipinski definition) is 2. The minimum atomic E-state index is 0.356. The van der Waals surface area contributed by atoms with Crippen LogP contribution in [0.2, 0.25) is 0 Å². The van der Waals surface area contributed by atoms with E-state index in [9.17, 15) is 9.00 Å². The maximum atomic E-state index is 10.4. The summed E-state index contributed by atoms with van der Waals surface area (Å²) in [5.41, 5.74) is 1.42. The molecule has 0 aliphatic heterocycles. The average molecular weight is 167 g/mol. The van der Waals surface area contributed by atoms with Gasteiger partial charge in [0.05, 0.1) is 0 Å². The van der Waals surface area contributed by atoms with Gasteiger partial charge in [-0.15, -0.1) is 0 Å². The van der Waals surface area contributed by atoms with Crippen LogP contribution in [0, 0.1) is 0 Å². The van der Waals surface area contributed by atoms with Gasteiger partial charge in [0.1, 0.15) is 0 Å². The Kier molecular flexibility index (Phi) is 2.86. The zero-order valence-electron chi connectivity index (χ0n) is 5.82. The molecule has 0 heterocycles. The van der Waals surface area contributed by atoms with E-state index in [0.717, 1.165) is 11.8 Å². The van der Waals surface area contributed by atoms with Crippen LogP contribution in [-0.4, -0.2) is 6.29 Å². The van der Waals surface area contributed by atoms with Crippen LogP contribution in [0.4, 0.5) is 0 Å². The van der Waals surface area contributed by atoms with Crippen molar-refractivity contribution in [3.8, 4) is 0 Å². The Labute approximate surface area is 68.7 Å². The molecule has 0 spiro atoms. The second kappa shape index (κ2) is 3.93. The van der Waals surface area contributed by atoms with Gasteiger partial charge in [0.25, 0.3) is 5.75 Å². The standard InChI is InChI=1S/C8H7O2S/c9-5-7-3-1-2-4-8(7)6-11-10/h1-5H,6H2/q+1. The number of carbonyl (C=O) groups excluding carboxylic acids is 1. The molecule has 0 aromatic heterocycles. The average Bonchev–Trinajstić information content (AvgIpc) is 2.06. The molecule has 0 amide bonds. The van der Waals surface area contributed by atoms with Crippen LogP contribution in [-0.2, 0) is 21.6 Å². The molecule has 0 unspecified atom stereocenters. The summed E-state index contributed by atoms with van der Waals surface area (Å²) in [6, 6.07) is 7.09. The first kappa shape index (κ1) is 8.01. The Bertz CT molecular complexity index is 271. The van der Waals surface area contributed by atoms with Crippen molar-refractivity contribution in [3.63, 3.8) is 0 Å². The second-order valence-corrected chi connectivity index (χ2v) is 2.60. The van der Waals surface area contributed by atoms with Crippen molar-refractivity contribution in [1.29, 1.82) is 0 Å². The minimum absolute atomic E-state index is 0.356. The van der Waals surface area contributed by atoms with Gasteiger partial charge in [-0.1, -0.05) is 24.3 Å². The van der Waals surface area contributed by atoms with Gasteiger partial charge in [-0.2, -0.15) is 0 Å². The Balaban J connectivity index is 3.01. The van der Waals surface area contributed by atoms with Crippen LogP contribution >= 0.6 is 0 Å². The van der Waals surface area contributed by atoms with Crippen molar-refractivity contribution >= 4 is 18.0 Å². The van der Waals surface area contributed by atoms with Crippen molar-refractivity contribution in [2.24, 2.45) is 0 Å². The van der Waals surface area contributed by atoms with E-state index in [-0.39, 0.29) is 0 Å². The molecule has 56 valence electrons. The highest BCUT2D eigenvalue weighted by atomic mass is 32.1. The van der Waals surface area contributed by atoms with E-state index in [2.05, 4.69) is 0 Å². The molecular weight excluding hydrogens is 160 g/mol. The molecule has 0 saturated heterocycles. The quantitative estimate of drug-likeness (QED) is 0.504. The third-order valence-corrected chi connectivity index (χ3v) is 1.83. The summed E-state index contributed by atoms with van der Waals surface area (Å²) in [4.78, 5) is 10.4. The number of rotatable bonds is 3. The van der Waals surface area contributed by atoms with E-state index in [1.54, 1.807) is 18.2 Å². The monoisotopic (exact) mass is 167 g/mol. The molecule has 2 nitrogen and oxygen atoms in total. The third-order valence-electron chi connectivity index (χ3n) is 1.40. The lowest BCUT2D eigenvalue weighted by molar-refractivity contribution is 0.112. The van der Waals surface area contributed by atoms with E-state index in [0.29, 0.717) is 23.0 Å². The fourth-order valence-corrected chi connectivity index (χ4v) is 1.23. The predicted molar refractivity (Wildman–Crippen MR) is 43.6 cm³/mol. The van der Waals surface area contributed by atoms with Gasteiger partial charge in [-0.25, -0.2) is 0 Å². The molecule has 0 N–H and O–H groups in total. The SMILES string of the molecule is O=Cc1ccccc1C[S+]=O. The summed E-state index contributed by atoms with van der Waals surface area (Å²) in [5.74, 6) is 0.356. The Morgan fingerprint density at radius 2 is 2.09 bits per heavy atom. The fraction of sp³-hybridized carbons (Fsp3) is 0.125. The molecule has 0 atom stereocenters. The molecule has 1 rings (SSSR count). The Hall–Kier alpha value is -1.09. The number of carbonyl (C=O) groups is 1. The van der Waals surface area contributed by atoms with Gasteiger partial charge in [-0.05, 0) is 0 Å². The van der Waals surface area contributed by atoms with E-state index >= 15 is 0 Å². The van der Waals surface area contributed by atoms with E-state index in [1.165, 1.54) is 0 Å². The molecule has 11 heavy (non-hydrogen) atoms. The zero-order chi connectivity index (χ0) is 8.10. The minimum Gasteiger partial charge on any atom is -0.298 e. The van der Waals surface area contributed by atoms with Crippen molar-refractivity contribution in [1.82, 2.24) is 0 Å². The van der Waals surface area contributed by atoms with Crippen molar-refractivity contribution in [3.05, 3.63) is 35.4 Å². The fourth-order valence-electron chi connectivity index (χ4n) is 0.844. The summed E-state index contributed by atoms with van der Waals surface area (Å²) < 4.78 is 10.2. The highest BCUT2D eigenvalue weighted by Gasteiger charge is 2.06. The lowest BCUT2D eigenvalue weighted by Crippen LogP contribution is -1.89. The first-order valence-corrected chi connectivity index (χ1v) is 4.07. The summed E-state index contributed by atoms with van der Waals surface area (Å²) in [6.07, 6.45) is 0.769. The molecule has 0 saturated carbocycles. The summed E-state index contributed by atoms with van der Waals surface area (Å²) in [7, 11) is 0. The van der Waals surface area contributed by atoms with Gasteiger partial charge in [-0.3, -0.25) is 4.79 Å². The smallest absolute Gasteiger partial charge is 0.298 e. The van der Waals surface area contributed by atoms with Crippen LogP contribution in [0.3, 0.4) is 0 Å². The maximum Gasteiger partial charge on any atom is 0.463 e. The van der Waals surface area contributed by atoms with Crippen LogP contribution in [0.25, 0.3) is 0 Å². The van der Waals surface area contributed by atoms with Crippen LogP contribution in [0.15, 0.2) is 24.3 Å². The zero-order valence-corrected chi connectivity index (χ0v) is 6.64. The molecule has 1 aromatic carbocycles. The number of aldehydes is 1. The normalized spacial score (nSPS) is 9.09. The van der Waals surface area contributed by atoms with Gasteiger partial charge in [0.2, 0.25) is 0 Å². The van der Waals surface area contributed by atoms with Crippen LogP contribution in [0.5, 0.6) is 0 Å².